The molecule has 1 aromatic carbocycles. The normalized spacial score (nSPS) is 12.9. The van der Waals surface area contributed by atoms with Crippen molar-refractivity contribution in [3.8, 4) is 0 Å². The van der Waals surface area contributed by atoms with Gasteiger partial charge in [-0.2, -0.15) is 0 Å². The molecule has 0 aliphatic rings. The van der Waals surface area contributed by atoms with E-state index < -0.39 is 17.3 Å². The third kappa shape index (κ3) is 3.26. The van der Waals surface area contributed by atoms with Crippen LogP contribution in [0, 0.1) is 0 Å². The Bertz CT molecular complexity index is 1160. The predicted octanol–water partition coefficient (Wildman–Crippen LogP) is 1.93. The molecule has 1 atom stereocenters. The second-order valence-electron chi connectivity index (χ2n) is 8.02. The van der Waals surface area contributed by atoms with E-state index in [-0.39, 0.29) is 22.5 Å². The van der Waals surface area contributed by atoms with Crippen LogP contribution in [-0.2, 0) is 24.3 Å². The third-order valence-corrected chi connectivity index (χ3v) is 4.99. The third-order valence-electron chi connectivity index (χ3n) is 4.99. The van der Waals surface area contributed by atoms with E-state index in [0.29, 0.717) is 5.69 Å². The summed E-state index contributed by atoms with van der Waals surface area (Å²) in [7, 11) is 2.95. The van der Waals surface area contributed by atoms with E-state index in [2.05, 4.69) is 31.1 Å². The maximum atomic E-state index is 12.7. The minimum absolute atomic E-state index is 0.0293. The highest BCUT2D eigenvalue weighted by atomic mass is 16.2. The molecular weight excluding hydrogens is 358 g/mol. The fourth-order valence-electron chi connectivity index (χ4n) is 3.08. The van der Waals surface area contributed by atoms with Crippen molar-refractivity contribution < 1.29 is 4.79 Å². The molecule has 8 heteroatoms. The number of amides is 1. The summed E-state index contributed by atoms with van der Waals surface area (Å²) in [5, 5.41) is 2.87. The van der Waals surface area contributed by atoms with Crippen molar-refractivity contribution >= 4 is 22.8 Å². The van der Waals surface area contributed by atoms with E-state index >= 15 is 0 Å². The van der Waals surface area contributed by atoms with Crippen molar-refractivity contribution in [3.63, 3.8) is 0 Å². The Kier molecular flexibility index (Phi) is 4.74. The quantitative estimate of drug-likeness (QED) is 0.748. The number of carbonyl (C=O) groups is 1. The van der Waals surface area contributed by atoms with Gasteiger partial charge in [-0.1, -0.05) is 32.9 Å². The van der Waals surface area contributed by atoms with Crippen molar-refractivity contribution in [2.24, 2.45) is 14.1 Å². The predicted molar refractivity (Wildman–Crippen MR) is 109 cm³/mol. The Morgan fingerprint density at radius 3 is 2.25 bits per heavy atom. The van der Waals surface area contributed by atoms with Crippen LogP contribution in [0.3, 0.4) is 0 Å². The van der Waals surface area contributed by atoms with Gasteiger partial charge < -0.3 is 9.88 Å². The fourth-order valence-corrected chi connectivity index (χ4v) is 3.08. The van der Waals surface area contributed by atoms with Crippen LogP contribution in [0.4, 0.5) is 5.69 Å². The molecule has 0 aliphatic heterocycles. The van der Waals surface area contributed by atoms with Crippen LogP contribution < -0.4 is 16.6 Å². The zero-order chi connectivity index (χ0) is 20.8. The van der Waals surface area contributed by atoms with Crippen molar-refractivity contribution in [2.75, 3.05) is 5.32 Å². The Balaban J connectivity index is 1.92. The first kappa shape index (κ1) is 19.6. The Hall–Kier alpha value is -3.16. The SMILES string of the molecule is C[C@H](C(=O)Nc1ccc(C(C)(C)C)cc1)n1cnc2c1c(=O)n(C)c(=O)n2C. The van der Waals surface area contributed by atoms with Crippen molar-refractivity contribution in [1.82, 2.24) is 18.7 Å². The second kappa shape index (κ2) is 6.78. The maximum absolute atomic E-state index is 12.7. The van der Waals surface area contributed by atoms with E-state index in [0.717, 1.165) is 4.57 Å². The monoisotopic (exact) mass is 383 g/mol. The minimum atomic E-state index is -0.683. The molecule has 0 bridgehead atoms. The van der Waals surface area contributed by atoms with Crippen LogP contribution in [-0.4, -0.2) is 24.6 Å². The molecule has 0 aliphatic carbocycles. The highest BCUT2D eigenvalue weighted by molar-refractivity contribution is 5.94. The van der Waals surface area contributed by atoms with E-state index in [9.17, 15) is 14.4 Å². The number of aromatic nitrogens is 4. The summed E-state index contributed by atoms with van der Waals surface area (Å²) >= 11 is 0. The van der Waals surface area contributed by atoms with Crippen LogP contribution in [0.1, 0.15) is 39.3 Å². The van der Waals surface area contributed by atoms with E-state index in [1.54, 1.807) is 14.0 Å². The van der Waals surface area contributed by atoms with Gasteiger partial charge in [0.1, 0.15) is 6.04 Å². The van der Waals surface area contributed by atoms with Crippen LogP contribution in [0.5, 0.6) is 0 Å². The molecular formula is C20H25N5O3. The van der Waals surface area contributed by atoms with Gasteiger partial charge in [-0.3, -0.25) is 18.7 Å². The number of hydrogen-bond acceptors (Lipinski definition) is 4. The molecule has 1 N–H and O–H groups in total. The number of fused-ring (bicyclic) bond motifs is 1. The zero-order valence-corrected chi connectivity index (χ0v) is 17.0. The molecule has 0 saturated heterocycles. The van der Waals surface area contributed by atoms with Gasteiger partial charge >= 0.3 is 5.69 Å². The second-order valence-corrected chi connectivity index (χ2v) is 8.02. The summed E-state index contributed by atoms with van der Waals surface area (Å²) in [4.78, 5) is 41.5. The molecule has 28 heavy (non-hydrogen) atoms. The van der Waals surface area contributed by atoms with Crippen LogP contribution >= 0.6 is 0 Å². The summed E-state index contributed by atoms with van der Waals surface area (Å²) in [6.07, 6.45) is 1.42. The van der Waals surface area contributed by atoms with Gasteiger partial charge in [0.05, 0.1) is 6.33 Å². The number of imidazole rings is 1. The Morgan fingerprint density at radius 1 is 1.07 bits per heavy atom. The topological polar surface area (TPSA) is 90.9 Å². The van der Waals surface area contributed by atoms with Crippen LogP contribution in [0.2, 0.25) is 0 Å². The smallest absolute Gasteiger partial charge is 0.324 e. The van der Waals surface area contributed by atoms with Gasteiger partial charge in [0.15, 0.2) is 11.2 Å². The molecule has 3 rings (SSSR count). The lowest BCUT2D eigenvalue weighted by atomic mass is 9.87. The molecule has 1 amide bonds. The van der Waals surface area contributed by atoms with Crippen molar-refractivity contribution in [3.05, 3.63) is 57.0 Å². The van der Waals surface area contributed by atoms with Crippen LogP contribution in [0.15, 0.2) is 40.2 Å². The lowest BCUT2D eigenvalue weighted by Gasteiger charge is -2.19. The highest BCUT2D eigenvalue weighted by Crippen LogP contribution is 2.24. The van der Waals surface area contributed by atoms with Crippen LogP contribution in [0.25, 0.3) is 11.2 Å². The number of benzene rings is 1. The molecule has 0 spiro atoms. The average Bonchev–Trinajstić information content (AvgIpc) is 3.08. The molecule has 2 heterocycles. The first-order valence-electron chi connectivity index (χ1n) is 9.06. The standard InChI is InChI=1S/C20H25N5O3/c1-12(17(26)22-14-9-7-13(8-10-14)20(2,3)4)25-11-21-16-15(25)18(27)24(6)19(28)23(16)5/h7-12H,1-6H3,(H,22,26)/t12-/m1/s1. The van der Waals surface area contributed by atoms with Gasteiger partial charge in [0.2, 0.25) is 5.91 Å². The summed E-state index contributed by atoms with van der Waals surface area (Å²) in [6.45, 7) is 8.06. The number of hydrogen-bond donors (Lipinski definition) is 1. The molecule has 8 nitrogen and oxygen atoms in total. The largest absolute Gasteiger partial charge is 0.332 e. The number of rotatable bonds is 3. The molecule has 0 saturated carbocycles. The number of nitrogens with one attached hydrogen (secondary N) is 1. The number of nitrogens with zero attached hydrogens (tertiary/aromatic N) is 4. The van der Waals surface area contributed by atoms with E-state index in [4.69, 9.17) is 0 Å². The van der Waals surface area contributed by atoms with E-state index in [1.165, 1.54) is 28.1 Å². The average molecular weight is 383 g/mol. The van der Waals surface area contributed by atoms with Gasteiger partial charge in [-0.15, -0.1) is 0 Å². The molecule has 148 valence electrons. The number of aryl methyl sites for hydroxylation is 1. The highest BCUT2D eigenvalue weighted by Gasteiger charge is 2.22. The molecule has 3 aromatic rings. The summed E-state index contributed by atoms with van der Waals surface area (Å²) in [6, 6.07) is 7.01. The molecule has 2 aromatic heterocycles. The molecule has 0 radical (unpaired) electrons. The summed E-state index contributed by atoms with van der Waals surface area (Å²) in [5.41, 5.74) is 1.40. The number of carbonyl (C=O) groups excluding carboxylic acids is 1. The maximum Gasteiger partial charge on any atom is 0.332 e. The van der Waals surface area contributed by atoms with Crippen molar-refractivity contribution in [2.45, 2.75) is 39.2 Å². The number of anilines is 1. The van der Waals surface area contributed by atoms with Gasteiger partial charge in [0.25, 0.3) is 5.56 Å². The van der Waals surface area contributed by atoms with Crippen molar-refractivity contribution in [1.29, 1.82) is 0 Å². The zero-order valence-electron chi connectivity index (χ0n) is 17.0. The van der Waals surface area contributed by atoms with E-state index in [1.807, 2.05) is 24.3 Å². The summed E-state index contributed by atoms with van der Waals surface area (Å²) in [5.74, 6) is -0.279. The summed E-state index contributed by atoms with van der Waals surface area (Å²) < 4.78 is 3.80. The van der Waals surface area contributed by atoms with Gasteiger partial charge in [0, 0.05) is 19.8 Å². The fraction of sp³-hybridized carbons (Fsp3) is 0.400. The van der Waals surface area contributed by atoms with Gasteiger partial charge in [-0.25, -0.2) is 9.78 Å². The lowest BCUT2D eigenvalue weighted by molar-refractivity contribution is -0.118. The molecule has 0 unspecified atom stereocenters. The first-order valence-corrected chi connectivity index (χ1v) is 9.06. The lowest BCUT2D eigenvalue weighted by Crippen LogP contribution is -2.38. The molecule has 0 fully saturated rings. The Labute approximate surface area is 162 Å². The van der Waals surface area contributed by atoms with Gasteiger partial charge in [-0.05, 0) is 30.0 Å². The first-order chi connectivity index (χ1) is 13.0. The Morgan fingerprint density at radius 2 is 1.68 bits per heavy atom. The minimum Gasteiger partial charge on any atom is -0.324 e.